The van der Waals surface area contributed by atoms with Gasteiger partial charge in [-0.3, -0.25) is 0 Å². The van der Waals surface area contributed by atoms with Crippen LogP contribution in [0.1, 0.15) is 37.3 Å². The van der Waals surface area contributed by atoms with Crippen LogP contribution in [-0.2, 0) is 6.42 Å². The number of rotatable bonds is 4. The minimum absolute atomic E-state index is 0.122. The molecule has 1 aromatic carbocycles. The third-order valence-electron chi connectivity index (χ3n) is 2.36. The first-order valence-electron chi connectivity index (χ1n) is 5.15. The van der Waals surface area contributed by atoms with E-state index in [-0.39, 0.29) is 23.4 Å². The lowest BCUT2D eigenvalue weighted by atomic mass is 9.98. The lowest BCUT2D eigenvalue weighted by Crippen LogP contribution is -1.98. The number of aliphatic hydroxyl groups is 1. The third-order valence-corrected chi connectivity index (χ3v) is 2.64. The Morgan fingerprint density at radius 2 is 2.07 bits per heavy atom. The Morgan fingerprint density at radius 3 is 2.60 bits per heavy atom. The van der Waals surface area contributed by atoms with Gasteiger partial charge in [0.05, 0.1) is 5.02 Å². The number of halogens is 2. The van der Waals surface area contributed by atoms with Crippen LogP contribution in [0.3, 0.4) is 0 Å². The van der Waals surface area contributed by atoms with Crippen molar-refractivity contribution < 1.29 is 9.50 Å². The van der Waals surface area contributed by atoms with Gasteiger partial charge in [-0.1, -0.05) is 31.5 Å². The Kier molecular flexibility index (Phi) is 4.55. The Hall–Kier alpha value is -0.600. The fourth-order valence-corrected chi connectivity index (χ4v) is 1.77. The highest BCUT2D eigenvalue weighted by Gasteiger charge is 2.11. The second kappa shape index (κ2) is 5.47. The van der Waals surface area contributed by atoms with Crippen molar-refractivity contribution in [2.75, 3.05) is 6.61 Å². The summed E-state index contributed by atoms with van der Waals surface area (Å²) in [4.78, 5) is 0. The highest BCUT2D eigenvalue weighted by atomic mass is 35.5. The predicted molar refractivity (Wildman–Crippen MR) is 60.9 cm³/mol. The highest BCUT2D eigenvalue weighted by Crippen LogP contribution is 2.26. The van der Waals surface area contributed by atoms with Crippen molar-refractivity contribution in [1.29, 1.82) is 0 Å². The summed E-state index contributed by atoms with van der Waals surface area (Å²) >= 11 is 5.80. The van der Waals surface area contributed by atoms with Crippen molar-refractivity contribution in [3.63, 3.8) is 0 Å². The Labute approximate surface area is 94.9 Å². The first kappa shape index (κ1) is 12.5. The van der Waals surface area contributed by atoms with E-state index in [0.717, 1.165) is 12.0 Å². The molecule has 0 unspecified atom stereocenters. The van der Waals surface area contributed by atoms with E-state index in [9.17, 15) is 4.39 Å². The summed E-state index contributed by atoms with van der Waals surface area (Å²) in [5.41, 5.74) is 1.63. The zero-order valence-electron chi connectivity index (χ0n) is 9.06. The minimum atomic E-state index is -0.320. The van der Waals surface area contributed by atoms with Crippen LogP contribution in [0.4, 0.5) is 4.39 Å². The molecule has 0 saturated carbocycles. The van der Waals surface area contributed by atoms with Gasteiger partial charge in [0.15, 0.2) is 0 Å². The molecule has 0 heterocycles. The van der Waals surface area contributed by atoms with Crippen LogP contribution in [-0.4, -0.2) is 11.7 Å². The first-order chi connectivity index (χ1) is 7.06. The molecule has 0 fully saturated rings. The molecule has 1 aromatic rings. The van der Waals surface area contributed by atoms with Gasteiger partial charge < -0.3 is 5.11 Å². The molecule has 0 spiro atoms. The molecule has 0 radical (unpaired) electrons. The SMILES string of the molecule is CC(C)c1cc(CCCO)cc(Cl)c1F. The van der Waals surface area contributed by atoms with Crippen LogP contribution in [0, 0.1) is 5.82 Å². The molecule has 0 aliphatic carbocycles. The molecule has 0 aromatic heterocycles. The molecule has 84 valence electrons. The van der Waals surface area contributed by atoms with Crippen LogP contribution in [0.5, 0.6) is 0 Å². The van der Waals surface area contributed by atoms with E-state index in [4.69, 9.17) is 16.7 Å². The molecule has 0 aliphatic heterocycles. The van der Waals surface area contributed by atoms with Gasteiger partial charge >= 0.3 is 0 Å². The Morgan fingerprint density at radius 1 is 1.40 bits per heavy atom. The van der Waals surface area contributed by atoms with Crippen LogP contribution in [0.15, 0.2) is 12.1 Å². The normalized spacial score (nSPS) is 11.1. The van der Waals surface area contributed by atoms with Gasteiger partial charge in [-0.25, -0.2) is 4.39 Å². The molecular weight excluding hydrogens is 215 g/mol. The zero-order chi connectivity index (χ0) is 11.4. The van der Waals surface area contributed by atoms with E-state index in [1.165, 1.54) is 0 Å². The molecule has 0 bridgehead atoms. The number of hydrogen-bond acceptors (Lipinski definition) is 1. The van der Waals surface area contributed by atoms with Crippen molar-refractivity contribution in [2.45, 2.75) is 32.6 Å². The average Bonchev–Trinajstić information content (AvgIpc) is 2.19. The molecule has 0 amide bonds. The van der Waals surface area contributed by atoms with Crippen molar-refractivity contribution in [1.82, 2.24) is 0 Å². The lowest BCUT2D eigenvalue weighted by Gasteiger charge is -2.11. The van der Waals surface area contributed by atoms with E-state index in [2.05, 4.69) is 0 Å². The van der Waals surface area contributed by atoms with E-state index in [1.54, 1.807) is 6.07 Å². The Balaban J connectivity index is 3.00. The number of aliphatic hydroxyl groups excluding tert-OH is 1. The third kappa shape index (κ3) is 3.18. The maximum Gasteiger partial charge on any atom is 0.145 e. The van der Waals surface area contributed by atoms with E-state index in [1.807, 2.05) is 19.9 Å². The van der Waals surface area contributed by atoms with Gasteiger partial charge in [0.2, 0.25) is 0 Å². The monoisotopic (exact) mass is 230 g/mol. The molecule has 3 heteroatoms. The van der Waals surface area contributed by atoms with Crippen LogP contribution >= 0.6 is 11.6 Å². The van der Waals surface area contributed by atoms with Gasteiger partial charge in [0.1, 0.15) is 5.82 Å². The first-order valence-corrected chi connectivity index (χ1v) is 5.52. The van der Waals surface area contributed by atoms with Crippen molar-refractivity contribution in [2.24, 2.45) is 0 Å². The van der Waals surface area contributed by atoms with Gasteiger partial charge in [0.25, 0.3) is 0 Å². The smallest absolute Gasteiger partial charge is 0.145 e. The van der Waals surface area contributed by atoms with Crippen LogP contribution in [0.25, 0.3) is 0 Å². The standard InChI is InChI=1S/C12H16ClFO/c1-8(2)10-6-9(4-3-5-15)7-11(13)12(10)14/h6-8,15H,3-5H2,1-2H3. The van der Waals surface area contributed by atoms with Crippen molar-refractivity contribution in [3.8, 4) is 0 Å². The summed E-state index contributed by atoms with van der Waals surface area (Å²) in [7, 11) is 0. The number of aryl methyl sites for hydroxylation is 1. The Bertz CT molecular complexity index is 337. The molecule has 0 saturated heterocycles. The molecular formula is C12H16ClFO. The van der Waals surface area contributed by atoms with Gasteiger partial charge in [0, 0.05) is 6.61 Å². The molecule has 1 rings (SSSR count). The van der Waals surface area contributed by atoms with E-state index in [0.29, 0.717) is 12.0 Å². The zero-order valence-corrected chi connectivity index (χ0v) is 9.81. The maximum absolute atomic E-state index is 13.6. The minimum Gasteiger partial charge on any atom is -0.396 e. The molecule has 15 heavy (non-hydrogen) atoms. The van der Waals surface area contributed by atoms with Gasteiger partial charge in [-0.2, -0.15) is 0 Å². The number of benzene rings is 1. The molecule has 1 N–H and O–H groups in total. The fraction of sp³-hybridized carbons (Fsp3) is 0.500. The fourth-order valence-electron chi connectivity index (χ4n) is 1.52. The van der Waals surface area contributed by atoms with Gasteiger partial charge in [-0.15, -0.1) is 0 Å². The van der Waals surface area contributed by atoms with E-state index < -0.39 is 0 Å². The maximum atomic E-state index is 13.6. The topological polar surface area (TPSA) is 20.2 Å². The van der Waals surface area contributed by atoms with Crippen molar-refractivity contribution in [3.05, 3.63) is 34.1 Å². The second-order valence-corrected chi connectivity index (χ2v) is 4.37. The quantitative estimate of drug-likeness (QED) is 0.839. The molecule has 1 nitrogen and oxygen atoms in total. The van der Waals surface area contributed by atoms with Crippen molar-refractivity contribution >= 4 is 11.6 Å². The predicted octanol–water partition coefficient (Wildman–Crippen LogP) is 3.53. The largest absolute Gasteiger partial charge is 0.396 e. The van der Waals surface area contributed by atoms with Gasteiger partial charge in [-0.05, 0) is 36.0 Å². The van der Waals surface area contributed by atoms with Crippen LogP contribution in [0.2, 0.25) is 5.02 Å². The summed E-state index contributed by atoms with van der Waals surface area (Å²) in [5, 5.41) is 8.90. The van der Waals surface area contributed by atoms with E-state index >= 15 is 0 Å². The molecule has 0 aliphatic rings. The highest BCUT2D eigenvalue weighted by molar-refractivity contribution is 6.30. The molecule has 0 atom stereocenters. The summed E-state index contributed by atoms with van der Waals surface area (Å²) in [6.07, 6.45) is 1.41. The number of hydrogen-bond donors (Lipinski definition) is 1. The van der Waals surface area contributed by atoms with Crippen LogP contribution < -0.4 is 0 Å². The lowest BCUT2D eigenvalue weighted by molar-refractivity contribution is 0.288. The average molecular weight is 231 g/mol. The summed E-state index contributed by atoms with van der Waals surface area (Å²) in [6, 6.07) is 3.47. The summed E-state index contributed by atoms with van der Waals surface area (Å²) < 4.78 is 13.6. The second-order valence-electron chi connectivity index (χ2n) is 3.96. The summed E-state index contributed by atoms with van der Waals surface area (Å²) in [6.45, 7) is 4.02. The summed E-state index contributed by atoms with van der Waals surface area (Å²) in [5.74, 6) is -0.198.